The molecule has 0 amide bonds. The zero-order chi connectivity index (χ0) is 24.3. The second-order valence-electron chi connectivity index (χ2n) is 9.28. The summed E-state index contributed by atoms with van der Waals surface area (Å²) in [5, 5.41) is 7.12. The van der Waals surface area contributed by atoms with Crippen LogP contribution in [0.1, 0.15) is 56.7 Å². The predicted molar refractivity (Wildman–Crippen MR) is 117 cm³/mol. The van der Waals surface area contributed by atoms with Crippen LogP contribution in [0, 0.1) is 5.92 Å². The van der Waals surface area contributed by atoms with E-state index in [2.05, 4.69) is 11.0 Å². The maximum atomic E-state index is 12.6. The Morgan fingerprint density at radius 3 is 2.45 bits per heavy atom. The van der Waals surface area contributed by atoms with Gasteiger partial charge in [-0.25, -0.2) is 17.5 Å². The van der Waals surface area contributed by atoms with Crippen LogP contribution >= 0.6 is 0 Å². The van der Waals surface area contributed by atoms with E-state index in [-0.39, 0.29) is 5.41 Å². The maximum absolute atomic E-state index is 12.6. The molecule has 1 aromatic heterocycles. The lowest BCUT2D eigenvalue weighted by Gasteiger charge is -2.47. The first-order valence-electron chi connectivity index (χ1n) is 11.4. The molecule has 33 heavy (non-hydrogen) atoms. The molecule has 0 aromatic carbocycles. The smallest absolute Gasteiger partial charge is 0.475 e. The highest BCUT2D eigenvalue weighted by atomic mass is 32.2. The van der Waals surface area contributed by atoms with Gasteiger partial charge in [0.25, 0.3) is 0 Å². The lowest BCUT2D eigenvalue weighted by molar-refractivity contribution is -0.192. The highest BCUT2D eigenvalue weighted by molar-refractivity contribution is 7.89. The van der Waals surface area contributed by atoms with Crippen molar-refractivity contribution in [2.75, 3.05) is 31.9 Å². The maximum Gasteiger partial charge on any atom is 0.490 e. The minimum Gasteiger partial charge on any atom is -0.475 e. The first kappa shape index (κ1) is 25.9. The quantitative estimate of drug-likeness (QED) is 0.656. The SMILES string of the molecule is CCCCS(=O)(=O)N1CCC2(CC1)CN(CC1CC1)Cc1cccnc12.O=C(O)C(F)(F)F. The molecule has 1 saturated heterocycles. The molecule has 0 atom stereocenters. The molecule has 0 bridgehead atoms. The number of unbranched alkanes of at least 4 members (excludes halogenated alkanes) is 1. The number of aromatic nitrogens is 1. The van der Waals surface area contributed by atoms with Crippen LogP contribution in [0.2, 0.25) is 0 Å². The van der Waals surface area contributed by atoms with E-state index in [1.165, 1.54) is 30.6 Å². The summed E-state index contributed by atoms with van der Waals surface area (Å²) in [6.07, 6.45) is 3.02. The molecule has 0 unspecified atom stereocenters. The first-order valence-corrected chi connectivity index (χ1v) is 13.0. The minimum atomic E-state index is -5.08. The molecule has 11 heteroatoms. The number of sulfonamides is 1. The van der Waals surface area contributed by atoms with Crippen molar-refractivity contribution in [2.45, 2.75) is 63.6 Å². The van der Waals surface area contributed by atoms with Crippen LogP contribution in [0.25, 0.3) is 0 Å². The molecule has 7 nitrogen and oxygen atoms in total. The van der Waals surface area contributed by atoms with E-state index in [4.69, 9.17) is 14.9 Å². The van der Waals surface area contributed by atoms with E-state index in [1.807, 2.05) is 19.2 Å². The van der Waals surface area contributed by atoms with Gasteiger partial charge >= 0.3 is 12.1 Å². The largest absolute Gasteiger partial charge is 0.490 e. The van der Waals surface area contributed by atoms with Crippen LogP contribution in [0.4, 0.5) is 13.2 Å². The number of rotatable bonds is 6. The van der Waals surface area contributed by atoms with Gasteiger partial charge < -0.3 is 5.11 Å². The number of fused-ring (bicyclic) bond motifs is 2. The molecule has 2 aliphatic heterocycles. The zero-order valence-corrected chi connectivity index (χ0v) is 19.7. The van der Waals surface area contributed by atoms with E-state index in [0.29, 0.717) is 18.8 Å². The summed E-state index contributed by atoms with van der Waals surface area (Å²) in [7, 11) is -3.10. The van der Waals surface area contributed by atoms with Crippen LogP contribution < -0.4 is 0 Å². The van der Waals surface area contributed by atoms with Gasteiger partial charge in [-0.2, -0.15) is 13.2 Å². The average molecular weight is 492 g/mol. The van der Waals surface area contributed by atoms with Crippen LogP contribution in [-0.2, 0) is 26.8 Å². The van der Waals surface area contributed by atoms with Gasteiger partial charge in [0.05, 0.1) is 11.4 Å². The number of piperidine rings is 1. The van der Waals surface area contributed by atoms with Crippen LogP contribution in [0.3, 0.4) is 0 Å². The van der Waals surface area contributed by atoms with E-state index < -0.39 is 22.2 Å². The second-order valence-corrected chi connectivity index (χ2v) is 11.4. The summed E-state index contributed by atoms with van der Waals surface area (Å²) in [5.41, 5.74) is 2.61. The molecule has 1 aliphatic carbocycles. The van der Waals surface area contributed by atoms with Crippen molar-refractivity contribution >= 4 is 16.0 Å². The summed E-state index contributed by atoms with van der Waals surface area (Å²) < 4.78 is 58.6. The third kappa shape index (κ3) is 6.66. The lowest BCUT2D eigenvalue weighted by atomic mass is 9.72. The van der Waals surface area contributed by atoms with E-state index in [1.54, 1.807) is 4.31 Å². The van der Waals surface area contributed by atoms with Crippen molar-refractivity contribution in [3.05, 3.63) is 29.6 Å². The lowest BCUT2D eigenvalue weighted by Crippen LogP contribution is -2.53. The third-order valence-corrected chi connectivity index (χ3v) is 8.55. The number of hydrogen-bond donors (Lipinski definition) is 1. The number of pyridine rings is 1. The number of carboxylic acids is 1. The van der Waals surface area contributed by atoms with Crippen molar-refractivity contribution < 1.29 is 31.5 Å². The standard InChI is InChI=1S/C20H31N3O2S.C2HF3O2/c1-2-3-13-26(24,25)23-11-8-20(9-12-23)16-22(14-17-6-7-17)15-18-5-4-10-21-19(18)20;3-2(4,5)1(6)7/h4-5,10,17H,2-3,6-9,11-16H2,1H3;(H,6,7). The minimum absolute atomic E-state index is 0.0283. The summed E-state index contributed by atoms with van der Waals surface area (Å²) in [6.45, 7) is 6.54. The van der Waals surface area contributed by atoms with Crippen molar-refractivity contribution in [1.82, 2.24) is 14.2 Å². The normalized spacial score (nSPS) is 21.2. The number of aliphatic carboxylic acids is 1. The second kappa shape index (κ2) is 10.3. The highest BCUT2D eigenvalue weighted by Crippen LogP contribution is 2.42. The zero-order valence-electron chi connectivity index (χ0n) is 18.9. The van der Waals surface area contributed by atoms with Gasteiger partial charge in [-0.15, -0.1) is 0 Å². The fourth-order valence-electron chi connectivity index (χ4n) is 4.68. The summed E-state index contributed by atoms with van der Waals surface area (Å²) >= 11 is 0. The monoisotopic (exact) mass is 491 g/mol. The third-order valence-electron chi connectivity index (χ3n) is 6.60. The van der Waals surface area contributed by atoms with Gasteiger partial charge in [0.15, 0.2) is 0 Å². The molecule has 1 N–H and O–H groups in total. The summed E-state index contributed by atoms with van der Waals surface area (Å²) in [6, 6.07) is 4.25. The van der Waals surface area contributed by atoms with Crippen molar-refractivity contribution in [3.8, 4) is 0 Å². The molecular weight excluding hydrogens is 459 g/mol. The Morgan fingerprint density at radius 1 is 1.27 bits per heavy atom. The van der Waals surface area contributed by atoms with Gasteiger partial charge in [0, 0.05) is 44.3 Å². The highest BCUT2D eigenvalue weighted by Gasteiger charge is 2.45. The number of carboxylic acid groups (broad SMARTS) is 1. The topological polar surface area (TPSA) is 90.8 Å². The number of hydrogen-bond acceptors (Lipinski definition) is 5. The number of halogens is 3. The Hall–Kier alpha value is -1.72. The van der Waals surface area contributed by atoms with Gasteiger partial charge in [-0.05, 0) is 49.7 Å². The fraction of sp³-hybridized carbons (Fsp3) is 0.727. The number of carbonyl (C=O) groups is 1. The Kier molecular flexibility index (Phi) is 8.06. The fourth-order valence-corrected chi connectivity index (χ4v) is 6.33. The Bertz CT molecular complexity index is 927. The molecule has 1 spiro atoms. The molecular formula is C22H32F3N3O4S. The number of nitrogens with zero attached hydrogens (tertiary/aromatic N) is 3. The van der Waals surface area contributed by atoms with Gasteiger partial charge in [0.2, 0.25) is 10.0 Å². The van der Waals surface area contributed by atoms with Gasteiger partial charge in [0.1, 0.15) is 0 Å². The van der Waals surface area contributed by atoms with Crippen LogP contribution in [-0.4, -0.2) is 71.8 Å². The Morgan fingerprint density at radius 2 is 1.91 bits per heavy atom. The van der Waals surface area contributed by atoms with Gasteiger partial charge in [-0.1, -0.05) is 19.4 Å². The molecule has 3 aliphatic rings. The molecule has 2 fully saturated rings. The van der Waals surface area contributed by atoms with Crippen LogP contribution in [0.5, 0.6) is 0 Å². The van der Waals surface area contributed by atoms with E-state index >= 15 is 0 Å². The Balaban J connectivity index is 0.000000383. The van der Waals surface area contributed by atoms with Crippen molar-refractivity contribution in [3.63, 3.8) is 0 Å². The summed E-state index contributed by atoms with van der Waals surface area (Å²) in [5.74, 6) is -1.59. The first-order chi connectivity index (χ1) is 15.5. The van der Waals surface area contributed by atoms with E-state index in [9.17, 15) is 21.6 Å². The molecule has 1 aromatic rings. The summed E-state index contributed by atoms with van der Waals surface area (Å²) in [4.78, 5) is 16.3. The van der Waals surface area contributed by atoms with Crippen LogP contribution in [0.15, 0.2) is 18.3 Å². The van der Waals surface area contributed by atoms with Crippen molar-refractivity contribution in [2.24, 2.45) is 5.92 Å². The van der Waals surface area contributed by atoms with Crippen molar-refractivity contribution in [1.29, 1.82) is 0 Å². The van der Waals surface area contributed by atoms with Gasteiger partial charge in [-0.3, -0.25) is 9.88 Å². The molecule has 0 radical (unpaired) electrons. The van der Waals surface area contributed by atoms with E-state index in [0.717, 1.165) is 44.7 Å². The molecule has 4 rings (SSSR count). The molecule has 3 heterocycles. The molecule has 186 valence electrons. The Labute approximate surface area is 193 Å². The number of alkyl halides is 3. The predicted octanol–water partition coefficient (Wildman–Crippen LogP) is 3.40. The molecule has 1 saturated carbocycles. The average Bonchev–Trinajstić information content (AvgIpc) is 3.56.